The van der Waals surface area contributed by atoms with Crippen molar-refractivity contribution in [2.24, 2.45) is 0 Å². The fourth-order valence-electron chi connectivity index (χ4n) is 3.23. The Morgan fingerprint density at radius 2 is 1.08 bits per heavy atom. The molecule has 0 fully saturated rings. The number of hydrogen-bond donors (Lipinski definition) is 0. The van der Waals surface area contributed by atoms with Gasteiger partial charge in [-0.25, -0.2) is 8.42 Å². The number of sulfone groups is 1. The van der Waals surface area contributed by atoms with Crippen LogP contribution >= 0.6 is 0 Å². The predicted molar refractivity (Wildman–Crippen MR) is 111 cm³/mol. The Kier molecular flexibility index (Phi) is 14.2. The zero-order chi connectivity index (χ0) is 19.9. The molecule has 26 heavy (non-hydrogen) atoms. The van der Waals surface area contributed by atoms with Gasteiger partial charge in [-0.3, -0.25) is 10.5 Å². The number of carbonyl (C=O) groups excluding carboxylic acids is 1. The molecular weight excluding hydrogens is 346 g/mol. The molecule has 0 spiro atoms. The van der Waals surface area contributed by atoms with Gasteiger partial charge in [-0.05, 0) is 19.8 Å². The van der Waals surface area contributed by atoms with Gasteiger partial charge in [0.15, 0.2) is 9.84 Å². The first-order valence-electron chi connectivity index (χ1n) is 10.8. The normalized spacial score (nSPS) is 14.3. The summed E-state index contributed by atoms with van der Waals surface area (Å²) in [6.45, 7) is 5.30. The van der Waals surface area contributed by atoms with E-state index in [0.29, 0.717) is 6.42 Å². The van der Waals surface area contributed by atoms with Crippen molar-refractivity contribution < 1.29 is 13.2 Å². The van der Waals surface area contributed by atoms with Crippen molar-refractivity contribution in [1.82, 2.24) is 5.73 Å². The molecule has 0 rings (SSSR count). The molecule has 1 atom stereocenters. The third kappa shape index (κ3) is 9.94. The summed E-state index contributed by atoms with van der Waals surface area (Å²) in [4.78, 5) is 11.4. The van der Waals surface area contributed by atoms with E-state index in [2.05, 4.69) is 6.92 Å². The van der Waals surface area contributed by atoms with Gasteiger partial charge in [0.05, 0.1) is 5.75 Å². The summed E-state index contributed by atoms with van der Waals surface area (Å²) in [5.41, 5.74) is 7.25. The van der Waals surface area contributed by atoms with Crippen LogP contribution in [0, 0.1) is 0 Å². The summed E-state index contributed by atoms with van der Waals surface area (Å²) in [6.07, 6.45) is 17.3. The molecular formula is C21H42NO3S. The van der Waals surface area contributed by atoms with Gasteiger partial charge in [0.25, 0.3) is 5.91 Å². The van der Waals surface area contributed by atoms with Crippen LogP contribution in [0.2, 0.25) is 0 Å². The predicted octanol–water partition coefficient (Wildman–Crippen LogP) is 5.86. The van der Waals surface area contributed by atoms with Crippen molar-refractivity contribution in [3.63, 3.8) is 0 Å². The maximum absolute atomic E-state index is 12.3. The summed E-state index contributed by atoms with van der Waals surface area (Å²) >= 11 is 0. The summed E-state index contributed by atoms with van der Waals surface area (Å²) in [7, 11) is -3.52. The molecule has 1 N–H and O–H groups in total. The molecule has 155 valence electrons. The zero-order valence-corrected chi connectivity index (χ0v) is 18.3. The summed E-state index contributed by atoms with van der Waals surface area (Å²) in [5, 5.41) is 0. The fraction of sp³-hybridized carbons (Fsp3) is 0.952. The van der Waals surface area contributed by atoms with Gasteiger partial charge in [0.2, 0.25) is 0 Å². The monoisotopic (exact) mass is 388 g/mol. The molecule has 0 aliphatic carbocycles. The van der Waals surface area contributed by atoms with Crippen molar-refractivity contribution in [3.8, 4) is 0 Å². The quantitative estimate of drug-likeness (QED) is 0.276. The first-order valence-corrected chi connectivity index (χ1v) is 12.5. The highest BCUT2D eigenvalue weighted by molar-refractivity contribution is 7.93. The summed E-state index contributed by atoms with van der Waals surface area (Å²) < 4.78 is 23.1. The molecule has 0 aliphatic rings. The topological polar surface area (TPSA) is 75.0 Å². The van der Waals surface area contributed by atoms with Crippen molar-refractivity contribution in [2.75, 3.05) is 5.75 Å². The van der Waals surface area contributed by atoms with Gasteiger partial charge in [0.1, 0.15) is 4.75 Å². The van der Waals surface area contributed by atoms with E-state index in [1.54, 1.807) is 6.92 Å². The second-order valence-electron chi connectivity index (χ2n) is 7.83. The summed E-state index contributed by atoms with van der Waals surface area (Å²) in [6, 6.07) is 0. The molecule has 1 unspecified atom stereocenters. The van der Waals surface area contributed by atoms with E-state index in [1.807, 2.05) is 0 Å². The van der Waals surface area contributed by atoms with Crippen LogP contribution in [-0.2, 0) is 14.6 Å². The third-order valence-electron chi connectivity index (χ3n) is 5.61. The second-order valence-corrected chi connectivity index (χ2v) is 10.4. The molecule has 0 saturated carbocycles. The number of unbranched alkanes of at least 4 members (excludes halogenated alkanes) is 13. The Hall–Kier alpha value is -0.580. The molecule has 0 heterocycles. The molecule has 4 nitrogen and oxygen atoms in total. The second kappa shape index (κ2) is 14.5. The van der Waals surface area contributed by atoms with Gasteiger partial charge in [-0.2, -0.15) is 0 Å². The molecule has 1 radical (unpaired) electrons. The molecule has 0 bridgehead atoms. The van der Waals surface area contributed by atoms with Gasteiger partial charge in [-0.1, -0.05) is 97.3 Å². The van der Waals surface area contributed by atoms with Gasteiger partial charge in [0, 0.05) is 0 Å². The largest absolute Gasteiger partial charge is 0.271 e. The molecule has 5 heteroatoms. The first-order chi connectivity index (χ1) is 12.3. The Morgan fingerprint density at radius 3 is 1.38 bits per heavy atom. The number of carbonyl (C=O) groups is 1. The highest BCUT2D eigenvalue weighted by Crippen LogP contribution is 2.24. The molecule has 1 amide bonds. The fourth-order valence-corrected chi connectivity index (χ4v) is 4.99. The molecule has 0 aromatic rings. The zero-order valence-electron chi connectivity index (χ0n) is 17.4. The van der Waals surface area contributed by atoms with Crippen LogP contribution in [-0.4, -0.2) is 24.8 Å². The molecule has 0 aromatic carbocycles. The van der Waals surface area contributed by atoms with Crippen molar-refractivity contribution in [1.29, 1.82) is 0 Å². The number of hydrogen-bond acceptors (Lipinski definition) is 3. The lowest BCUT2D eigenvalue weighted by Crippen LogP contribution is -2.45. The van der Waals surface area contributed by atoms with Gasteiger partial charge >= 0.3 is 0 Å². The minimum atomic E-state index is -3.52. The highest BCUT2D eigenvalue weighted by Gasteiger charge is 2.42. The van der Waals surface area contributed by atoms with E-state index in [4.69, 9.17) is 5.73 Å². The van der Waals surface area contributed by atoms with E-state index < -0.39 is 20.5 Å². The minimum Gasteiger partial charge on any atom is -0.271 e. The van der Waals surface area contributed by atoms with Crippen LogP contribution in [0.3, 0.4) is 0 Å². The lowest BCUT2D eigenvalue weighted by atomic mass is 10.0. The van der Waals surface area contributed by atoms with Crippen LogP contribution in [0.5, 0.6) is 0 Å². The highest BCUT2D eigenvalue weighted by atomic mass is 32.2. The standard InChI is InChI=1S/C21H42NO3S/c1-4-6-7-8-9-10-11-12-13-14-15-16-17-18-19-26(24,25)21(3,5-2)20(22)23/h22H,4-19H2,1-3H3. The van der Waals surface area contributed by atoms with Crippen LogP contribution < -0.4 is 5.73 Å². The number of amides is 1. The number of rotatable bonds is 18. The lowest BCUT2D eigenvalue weighted by molar-refractivity contribution is -0.120. The Balaban J connectivity index is 3.61. The van der Waals surface area contributed by atoms with E-state index in [-0.39, 0.29) is 12.2 Å². The SMILES string of the molecule is CCCCCCCCCCCCCCCCS(=O)(=O)C(C)(CC)C([NH])=O. The van der Waals surface area contributed by atoms with Crippen LogP contribution in [0.4, 0.5) is 0 Å². The maximum atomic E-state index is 12.3. The van der Waals surface area contributed by atoms with Crippen molar-refractivity contribution >= 4 is 15.7 Å². The van der Waals surface area contributed by atoms with Gasteiger partial charge in [-0.15, -0.1) is 0 Å². The Labute approximate surface area is 162 Å². The minimum absolute atomic E-state index is 0.0278. The van der Waals surface area contributed by atoms with Gasteiger partial charge < -0.3 is 0 Å². The van der Waals surface area contributed by atoms with E-state index in [9.17, 15) is 13.2 Å². The first kappa shape index (κ1) is 25.4. The maximum Gasteiger partial charge on any atom is 0.259 e. The smallest absolute Gasteiger partial charge is 0.259 e. The van der Waals surface area contributed by atoms with E-state index in [1.165, 1.54) is 77.6 Å². The van der Waals surface area contributed by atoms with E-state index >= 15 is 0 Å². The number of nitrogens with one attached hydrogen (secondary N) is 1. The molecule has 0 saturated heterocycles. The van der Waals surface area contributed by atoms with Crippen molar-refractivity contribution in [3.05, 3.63) is 0 Å². The van der Waals surface area contributed by atoms with E-state index in [0.717, 1.165) is 12.8 Å². The molecule has 0 aromatic heterocycles. The Bertz CT molecular complexity index is 462. The molecule has 0 aliphatic heterocycles. The van der Waals surface area contributed by atoms with Crippen molar-refractivity contribution in [2.45, 2.75) is 122 Å². The third-order valence-corrected chi connectivity index (χ3v) is 8.28. The average molecular weight is 389 g/mol. The summed E-state index contributed by atoms with van der Waals surface area (Å²) in [5.74, 6) is -0.953. The van der Waals surface area contributed by atoms with Crippen LogP contribution in [0.15, 0.2) is 0 Å². The van der Waals surface area contributed by atoms with Crippen LogP contribution in [0.25, 0.3) is 0 Å². The average Bonchev–Trinajstić information content (AvgIpc) is 2.60. The lowest BCUT2D eigenvalue weighted by Gasteiger charge is -2.23. The Morgan fingerprint density at radius 1 is 0.731 bits per heavy atom. The van der Waals surface area contributed by atoms with Crippen LogP contribution in [0.1, 0.15) is 117 Å².